The van der Waals surface area contributed by atoms with Crippen LogP contribution in [0, 0.1) is 0 Å². The normalized spacial score (nSPS) is 16.8. The summed E-state index contributed by atoms with van der Waals surface area (Å²) >= 11 is 0. The van der Waals surface area contributed by atoms with Gasteiger partial charge in [-0.15, -0.1) is 0 Å². The fourth-order valence-electron chi connectivity index (χ4n) is 2.46. The second-order valence-electron chi connectivity index (χ2n) is 6.14. The molecule has 112 valence electrons. The minimum absolute atomic E-state index is 0.107. The van der Waals surface area contributed by atoms with E-state index in [1.807, 2.05) is 6.07 Å². The van der Waals surface area contributed by atoms with E-state index < -0.39 is 9.84 Å². The lowest BCUT2D eigenvalue weighted by Crippen LogP contribution is -2.24. The first-order chi connectivity index (χ1) is 9.25. The molecule has 0 saturated heterocycles. The van der Waals surface area contributed by atoms with Crippen LogP contribution < -0.4 is 10.1 Å². The Morgan fingerprint density at radius 3 is 2.80 bits per heavy atom. The van der Waals surface area contributed by atoms with E-state index in [9.17, 15) is 8.42 Å². The fourth-order valence-corrected chi connectivity index (χ4v) is 3.13. The number of nitrogens with one attached hydrogen (secondary N) is 1. The Kier molecular flexibility index (Phi) is 4.39. The Hall–Kier alpha value is -1.07. The van der Waals surface area contributed by atoms with Crippen molar-refractivity contribution >= 4 is 9.84 Å². The Morgan fingerprint density at radius 2 is 2.10 bits per heavy atom. The highest BCUT2D eigenvalue weighted by molar-refractivity contribution is 7.90. The van der Waals surface area contributed by atoms with E-state index in [1.54, 1.807) is 0 Å². The molecular formula is C15H23NO3S. The number of hydrogen-bond donors (Lipinski definition) is 1. The molecular weight excluding hydrogens is 274 g/mol. The van der Waals surface area contributed by atoms with Crippen LogP contribution in [-0.4, -0.2) is 32.6 Å². The van der Waals surface area contributed by atoms with Gasteiger partial charge in [0.15, 0.2) is 0 Å². The van der Waals surface area contributed by atoms with Gasteiger partial charge in [0.2, 0.25) is 0 Å². The summed E-state index contributed by atoms with van der Waals surface area (Å²) in [6.07, 6.45) is 2.86. The summed E-state index contributed by atoms with van der Waals surface area (Å²) in [4.78, 5) is 0. The van der Waals surface area contributed by atoms with E-state index in [-0.39, 0.29) is 11.4 Å². The van der Waals surface area contributed by atoms with Crippen molar-refractivity contribution in [3.63, 3.8) is 0 Å². The third kappa shape index (κ3) is 4.49. The zero-order valence-electron chi connectivity index (χ0n) is 12.4. The van der Waals surface area contributed by atoms with Crippen LogP contribution in [0.25, 0.3) is 0 Å². The number of hydrogen-bond acceptors (Lipinski definition) is 4. The van der Waals surface area contributed by atoms with Crippen molar-refractivity contribution in [2.24, 2.45) is 0 Å². The average Bonchev–Trinajstić information content (AvgIpc) is 2.60. The molecule has 0 aromatic heterocycles. The van der Waals surface area contributed by atoms with Gasteiger partial charge in [-0.3, -0.25) is 0 Å². The van der Waals surface area contributed by atoms with Gasteiger partial charge in [0, 0.05) is 19.2 Å². The van der Waals surface area contributed by atoms with Crippen molar-refractivity contribution < 1.29 is 13.2 Å². The molecule has 1 aliphatic heterocycles. The van der Waals surface area contributed by atoms with Crippen LogP contribution in [0.4, 0.5) is 0 Å². The maximum atomic E-state index is 11.0. The molecule has 1 aromatic carbocycles. The first-order valence-electron chi connectivity index (χ1n) is 6.94. The zero-order chi connectivity index (χ0) is 14.8. The van der Waals surface area contributed by atoms with Crippen LogP contribution in [0.1, 0.15) is 31.4 Å². The summed E-state index contributed by atoms with van der Waals surface area (Å²) in [7, 11) is -2.85. The molecule has 1 aliphatic rings. The second kappa shape index (κ2) is 5.74. The minimum atomic E-state index is -2.85. The molecule has 0 unspecified atom stereocenters. The monoisotopic (exact) mass is 297 g/mol. The van der Waals surface area contributed by atoms with Crippen LogP contribution in [0.15, 0.2) is 18.2 Å². The molecule has 5 heteroatoms. The highest BCUT2D eigenvalue weighted by Gasteiger charge is 2.29. The Morgan fingerprint density at radius 1 is 1.35 bits per heavy atom. The number of benzene rings is 1. The highest BCUT2D eigenvalue weighted by Crippen LogP contribution is 2.35. The smallest absolute Gasteiger partial charge is 0.147 e. The summed E-state index contributed by atoms with van der Waals surface area (Å²) in [5.41, 5.74) is 2.36. The summed E-state index contributed by atoms with van der Waals surface area (Å²) in [6.45, 7) is 5.66. The lowest BCUT2D eigenvalue weighted by Gasteiger charge is -2.16. The quantitative estimate of drug-likeness (QED) is 0.815. The van der Waals surface area contributed by atoms with Gasteiger partial charge >= 0.3 is 0 Å². The van der Waals surface area contributed by atoms with Gasteiger partial charge in [-0.1, -0.05) is 12.1 Å². The van der Waals surface area contributed by atoms with Gasteiger partial charge in [-0.05, 0) is 44.0 Å². The molecule has 0 atom stereocenters. The van der Waals surface area contributed by atoms with Gasteiger partial charge in [-0.2, -0.15) is 0 Å². The third-order valence-electron chi connectivity index (χ3n) is 3.33. The van der Waals surface area contributed by atoms with Crippen molar-refractivity contribution in [2.45, 2.75) is 38.8 Å². The average molecular weight is 297 g/mol. The van der Waals surface area contributed by atoms with Crippen molar-refractivity contribution in [3.05, 3.63) is 29.3 Å². The molecule has 1 heterocycles. The Bertz CT molecular complexity index is 579. The number of rotatable bonds is 6. The van der Waals surface area contributed by atoms with Gasteiger partial charge in [-0.25, -0.2) is 8.42 Å². The lowest BCUT2D eigenvalue weighted by atomic mass is 10.0. The predicted molar refractivity (Wildman–Crippen MR) is 80.9 cm³/mol. The van der Waals surface area contributed by atoms with Crippen LogP contribution in [0.2, 0.25) is 0 Å². The maximum absolute atomic E-state index is 11.0. The predicted octanol–water partition coefficient (Wildman–Crippen LogP) is 1.92. The molecule has 0 spiro atoms. The van der Waals surface area contributed by atoms with E-state index >= 15 is 0 Å². The van der Waals surface area contributed by atoms with Gasteiger partial charge in [0.1, 0.15) is 21.2 Å². The molecule has 1 aromatic rings. The molecule has 4 nitrogen and oxygen atoms in total. The Labute approximate surface area is 121 Å². The second-order valence-corrected chi connectivity index (χ2v) is 8.40. The molecule has 0 bridgehead atoms. The number of fused-ring (bicyclic) bond motifs is 1. The molecule has 1 N–H and O–H groups in total. The van der Waals surface area contributed by atoms with Crippen LogP contribution in [0.3, 0.4) is 0 Å². The lowest BCUT2D eigenvalue weighted by molar-refractivity contribution is 0.138. The first-order valence-corrected chi connectivity index (χ1v) is 9.00. The number of ether oxygens (including phenoxy) is 1. The largest absolute Gasteiger partial charge is 0.487 e. The summed E-state index contributed by atoms with van der Waals surface area (Å²) < 4.78 is 27.9. The molecule has 2 rings (SSSR count). The van der Waals surface area contributed by atoms with Gasteiger partial charge < -0.3 is 10.1 Å². The van der Waals surface area contributed by atoms with Gasteiger partial charge in [0.05, 0.1) is 5.75 Å². The molecule has 0 radical (unpaired) electrons. The van der Waals surface area contributed by atoms with Crippen LogP contribution >= 0.6 is 0 Å². The molecule has 20 heavy (non-hydrogen) atoms. The fraction of sp³-hybridized carbons (Fsp3) is 0.600. The van der Waals surface area contributed by atoms with Crippen molar-refractivity contribution in [1.82, 2.24) is 5.32 Å². The topological polar surface area (TPSA) is 55.4 Å². The molecule has 0 fully saturated rings. The van der Waals surface area contributed by atoms with Crippen molar-refractivity contribution in [2.75, 3.05) is 18.6 Å². The summed E-state index contributed by atoms with van der Waals surface area (Å²) in [5, 5.41) is 3.28. The van der Waals surface area contributed by atoms with Crippen LogP contribution in [-0.2, 0) is 22.8 Å². The zero-order valence-corrected chi connectivity index (χ0v) is 13.2. The van der Waals surface area contributed by atoms with Crippen LogP contribution in [0.5, 0.6) is 5.75 Å². The van der Waals surface area contributed by atoms with Crippen molar-refractivity contribution in [1.29, 1.82) is 0 Å². The number of sulfone groups is 1. The molecule has 0 saturated carbocycles. The van der Waals surface area contributed by atoms with Gasteiger partial charge in [0.25, 0.3) is 0 Å². The Balaban J connectivity index is 1.81. The third-order valence-corrected chi connectivity index (χ3v) is 4.36. The van der Waals surface area contributed by atoms with Crippen molar-refractivity contribution in [3.8, 4) is 5.75 Å². The summed E-state index contributed by atoms with van der Waals surface area (Å²) in [6, 6.07) is 6.26. The molecule has 0 aliphatic carbocycles. The first kappa shape index (κ1) is 15.3. The highest BCUT2D eigenvalue weighted by atomic mass is 32.2. The minimum Gasteiger partial charge on any atom is -0.487 e. The summed E-state index contributed by atoms with van der Waals surface area (Å²) in [5.74, 6) is 1.22. The van der Waals surface area contributed by atoms with E-state index in [0.29, 0.717) is 13.0 Å². The maximum Gasteiger partial charge on any atom is 0.147 e. The molecule has 0 amide bonds. The van der Waals surface area contributed by atoms with E-state index in [4.69, 9.17) is 4.74 Å². The SMILES string of the molecule is CC1(C)Cc2cc(CNCCCS(C)(=O)=O)ccc2O1. The standard InChI is InChI=1S/C15H23NO3S/c1-15(2)10-13-9-12(5-6-14(13)19-15)11-16-7-4-8-20(3,17)18/h5-6,9,16H,4,7-8,10-11H2,1-3H3. The van der Waals surface area contributed by atoms with E-state index in [0.717, 1.165) is 18.7 Å². The van der Waals surface area contributed by atoms with E-state index in [2.05, 4.69) is 31.3 Å². The van der Waals surface area contributed by atoms with E-state index in [1.165, 1.54) is 17.4 Å².